The molecule has 3 amide bonds. The van der Waals surface area contributed by atoms with Crippen LogP contribution in [0, 0.1) is 0 Å². The molecular formula is C18H24ClN3O3. The van der Waals surface area contributed by atoms with Gasteiger partial charge in [-0.1, -0.05) is 25.0 Å². The molecule has 1 aliphatic heterocycles. The molecule has 1 saturated heterocycles. The topological polar surface area (TPSA) is 92.5 Å². The molecule has 0 unspecified atom stereocenters. The molecule has 0 aromatic heterocycles. The van der Waals surface area contributed by atoms with Gasteiger partial charge in [-0.15, -0.1) is 12.4 Å². The second kappa shape index (κ2) is 7.97. The summed E-state index contributed by atoms with van der Waals surface area (Å²) in [6, 6.07) is 7.04. The van der Waals surface area contributed by atoms with E-state index in [9.17, 15) is 14.4 Å². The Balaban J connectivity index is 0.00000225. The van der Waals surface area contributed by atoms with E-state index in [4.69, 9.17) is 5.73 Å². The van der Waals surface area contributed by atoms with Crippen molar-refractivity contribution in [3.05, 3.63) is 35.4 Å². The molecule has 3 N–H and O–H groups in total. The van der Waals surface area contributed by atoms with Gasteiger partial charge in [0.25, 0.3) is 5.91 Å². The van der Waals surface area contributed by atoms with Gasteiger partial charge in [0.2, 0.25) is 11.8 Å². The number of nitrogens with two attached hydrogens (primary N) is 1. The van der Waals surface area contributed by atoms with Crippen molar-refractivity contribution in [2.75, 3.05) is 6.54 Å². The van der Waals surface area contributed by atoms with Crippen LogP contribution in [0.4, 0.5) is 0 Å². The van der Waals surface area contributed by atoms with Crippen LogP contribution in [0.3, 0.4) is 0 Å². The summed E-state index contributed by atoms with van der Waals surface area (Å²) in [5.41, 5.74) is 6.98. The molecular weight excluding hydrogens is 342 g/mol. The minimum Gasteiger partial charge on any atom is -0.345 e. The lowest BCUT2D eigenvalue weighted by Gasteiger charge is -2.28. The quantitative estimate of drug-likeness (QED) is 0.777. The van der Waals surface area contributed by atoms with Crippen molar-refractivity contribution < 1.29 is 14.4 Å². The number of likely N-dealkylation sites (tertiary alicyclic amines) is 1. The Morgan fingerprint density at radius 2 is 1.64 bits per heavy atom. The summed E-state index contributed by atoms with van der Waals surface area (Å²) in [7, 11) is 0. The van der Waals surface area contributed by atoms with Crippen LogP contribution in [0.2, 0.25) is 0 Å². The highest BCUT2D eigenvalue weighted by Crippen LogP contribution is 2.29. The number of nitrogens with zero attached hydrogens (tertiary/aromatic N) is 1. The number of halogens is 1. The first kappa shape index (κ1) is 19.4. The van der Waals surface area contributed by atoms with Crippen molar-refractivity contribution in [3.8, 4) is 0 Å². The maximum atomic E-state index is 12.4. The van der Waals surface area contributed by atoms with Crippen LogP contribution in [0.1, 0.15) is 54.4 Å². The van der Waals surface area contributed by atoms with Crippen molar-refractivity contribution in [3.63, 3.8) is 0 Å². The van der Waals surface area contributed by atoms with E-state index in [-0.39, 0.29) is 42.2 Å². The second-order valence-electron chi connectivity index (χ2n) is 6.72. The van der Waals surface area contributed by atoms with Crippen molar-refractivity contribution in [1.82, 2.24) is 10.2 Å². The zero-order valence-corrected chi connectivity index (χ0v) is 14.9. The molecule has 136 valence electrons. The van der Waals surface area contributed by atoms with Crippen LogP contribution in [0.25, 0.3) is 0 Å². The van der Waals surface area contributed by atoms with Crippen LogP contribution < -0.4 is 11.1 Å². The van der Waals surface area contributed by atoms with E-state index in [0.29, 0.717) is 24.9 Å². The minimum atomic E-state index is -0.274. The van der Waals surface area contributed by atoms with Crippen LogP contribution in [-0.2, 0) is 16.1 Å². The molecule has 0 spiro atoms. The SMILES string of the molecule is Cl.NCC1(NC(=O)c2ccc(CN3C(=O)CCC3=O)cc2)CCCC1. The summed E-state index contributed by atoms with van der Waals surface area (Å²) in [5.74, 6) is -0.386. The molecule has 7 heteroatoms. The third kappa shape index (κ3) is 4.19. The van der Waals surface area contributed by atoms with Gasteiger partial charge in [-0.05, 0) is 30.5 Å². The third-order valence-corrected chi connectivity index (χ3v) is 5.04. The fourth-order valence-corrected chi connectivity index (χ4v) is 3.49. The average Bonchev–Trinajstić information content (AvgIpc) is 3.18. The molecule has 0 radical (unpaired) electrons. The maximum absolute atomic E-state index is 12.4. The van der Waals surface area contributed by atoms with E-state index in [2.05, 4.69) is 5.32 Å². The van der Waals surface area contributed by atoms with Gasteiger partial charge in [-0.3, -0.25) is 19.3 Å². The lowest BCUT2D eigenvalue weighted by molar-refractivity contribution is -0.139. The first-order chi connectivity index (χ1) is 11.5. The molecule has 0 bridgehead atoms. The second-order valence-corrected chi connectivity index (χ2v) is 6.72. The monoisotopic (exact) mass is 365 g/mol. The molecule has 0 atom stereocenters. The lowest BCUT2D eigenvalue weighted by atomic mass is 9.97. The normalized spacial score (nSPS) is 19.0. The van der Waals surface area contributed by atoms with E-state index >= 15 is 0 Å². The van der Waals surface area contributed by atoms with Crippen LogP contribution >= 0.6 is 12.4 Å². The van der Waals surface area contributed by atoms with Crippen LogP contribution in [0.5, 0.6) is 0 Å². The van der Waals surface area contributed by atoms with E-state index < -0.39 is 0 Å². The van der Waals surface area contributed by atoms with E-state index in [0.717, 1.165) is 31.2 Å². The third-order valence-electron chi connectivity index (χ3n) is 5.04. The summed E-state index contributed by atoms with van der Waals surface area (Å²) in [5, 5.41) is 3.08. The average molecular weight is 366 g/mol. The summed E-state index contributed by atoms with van der Waals surface area (Å²) in [6.45, 7) is 0.725. The minimum absolute atomic E-state index is 0. The van der Waals surface area contributed by atoms with Crippen molar-refractivity contribution >= 4 is 30.1 Å². The summed E-state index contributed by atoms with van der Waals surface area (Å²) in [4.78, 5) is 37.0. The highest BCUT2D eigenvalue weighted by atomic mass is 35.5. The smallest absolute Gasteiger partial charge is 0.251 e. The number of imide groups is 1. The van der Waals surface area contributed by atoms with Gasteiger partial charge >= 0.3 is 0 Å². The predicted molar refractivity (Wildman–Crippen MR) is 96.2 cm³/mol. The number of carbonyl (C=O) groups excluding carboxylic acids is 3. The Labute approximate surface area is 153 Å². The molecule has 2 aliphatic rings. The Hall–Kier alpha value is -1.92. The van der Waals surface area contributed by atoms with Gasteiger partial charge in [0.15, 0.2) is 0 Å². The Kier molecular flexibility index (Phi) is 6.19. The Morgan fingerprint density at radius 3 is 2.16 bits per heavy atom. The van der Waals surface area contributed by atoms with Crippen LogP contribution in [-0.4, -0.2) is 34.7 Å². The Bertz CT molecular complexity index is 638. The van der Waals surface area contributed by atoms with Crippen molar-refractivity contribution in [2.45, 2.75) is 50.6 Å². The lowest BCUT2D eigenvalue weighted by Crippen LogP contribution is -2.51. The summed E-state index contributed by atoms with van der Waals surface area (Å²) in [6.07, 6.45) is 4.61. The summed E-state index contributed by atoms with van der Waals surface area (Å²) < 4.78 is 0. The van der Waals surface area contributed by atoms with E-state index in [1.54, 1.807) is 24.3 Å². The predicted octanol–water partition coefficient (Wildman–Crippen LogP) is 1.76. The van der Waals surface area contributed by atoms with E-state index in [1.165, 1.54) is 4.90 Å². The zero-order valence-electron chi connectivity index (χ0n) is 14.1. The first-order valence-electron chi connectivity index (χ1n) is 8.48. The molecule has 25 heavy (non-hydrogen) atoms. The molecule has 1 heterocycles. The number of rotatable bonds is 5. The molecule has 1 saturated carbocycles. The standard InChI is InChI=1S/C18H23N3O3.ClH/c19-12-18(9-1-2-10-18)20-17(24)14-5-3-13(4-6-14)11-21-15(22)7-8-16(21)23;/h3-6H,1-2,7-12,19H2,(H,20,24);1H. The number of amides is 3. The number of benzene rings is 1. The number of nitrogens with one attached hydrogen (secondary N) is 1. The summed E-state index contributed by atoms with van der Waals surface area (Å²) >= 11 is 0. The maximum Gasteiger partial charge on any atom is 0.251 e. The molecule has 6 nitrogen and oxygen atoms in total. The number of carbonyl (C=O) groups is 3. The molecule has 1 aromatic carbocycles. The largest absolute Gasteiger partial charge is 0.345 e. The van der Waals surface area contributed by atoms with Crippen molar-refractivity contribution in [2.24, 2.45) is 5.73 Å². The van der Waals surface area contributed by atoms with Gasteiger partial charge in [0, 0.05) is 24.9 Å². The fourth-order valence-electron chi connectivity index (χ4n) is 3.49. The molecule has 3 rings (SSSR count). The first-order valence-corrected chi connectivity index (χ1v) is 8.48. The van der Waals surface area contributed by atoms with Gasteiger partial charge in [-0.25, -0.2) is 0 Å². The van der Waals surface area contributed by atoms with Crippen molar-refractivity contribution in [1.29, 1.82) is 0 Å². The van der Waals surface area contributed by atoms with Gasteiger partial charge in [0.1, 0.15) is 0 Å². The van der Waals surface area contributed by atoms with Gasteiger partial charge < -0.3 is 11.1 Å². The number of hydrogen-bond acceptors (Lipinski definition) is 4. The fraction of sp³-hybridized carbons (Fsp3) is 0.500. The van der Waals surface area contributed by atoms with Gasteiger partial charge in [-0.2, -0.15) is 0 Å². The molecule has 2 fully saturated rings. The van der Waals surface area contributed by atoms with E-state index in [1.807, 2.05) is 0 Å². The number of hydrogen-bond donors (Lipinski definition) is 2. The van der Waals surface area contributed by atoms with Crippen LogP contribution in [0.15, 0.2) is 24.3 Å². The zero-order chi connectivity index (χ0) is 17.2. The molecule has 1 aromatic rings. The van der Waals surface area contributed by atoms with Gasteiger partial charge in [0.05, 0.1) is 12.1 Å². The molecule has 1 aliphatic carbocycles. The highest BCUT2D eigenvalue weighted by Gasteiger charge is 2.34. The Morgan fingerprint density at radius 1 is 1.08 bits per heavy atom. The highest BCUT2D eigenvalue weighted by molar-refractivity contribution is 6.01.